The van der Waals surface area contributed by atoms with Crippen LogP contribution in [0.25, 0.3) is 0 Å². The highest BCUT2D eigenvalue weighted by molar-refractivity contribution is 5.48. The third-order valence-corrected chi connectivity index (χ3v) is 4.24. The van der Waals surface area contributed by atoms with Crippen molar-refractivity contribution in [2.24, 2.45) is 0 Å². The molecule has 1 saturated heterocycles. The quantitative estimate of drug-likeness (QED) is 0.863. The van der Waals surface area contributed by atoms with Crippen molar-refractivity contribution in [2.45, 2.75) is 12.6 Å². The summed E-state index contributed by atoms with van der Waals surface area (Å²) < 4.78 is 22.9. The van der Waals surface area contributed by atoms with Crippen molar-refractivity contribution in [1.82, 2.24) is 4.90 Å². The maximum atomic E-state index is 6.07. The predicted octanol–water partition coefficient (Wildman–Crippen LogP) is 2.70. The Labute approximate surface area is 141 Å². The topological polar surface area (TPSA) is 40.2 Å². The van der Waals surface area contributed by atoms with Gasteiger partial charge in [-0.3, -0.25) is 4.90 Å². The van der Waals surface area contributed by atoms with Crippen molar-refractivity contribution in [1.29, 1.82) is 0 Å². The first-order chi connectivity index (χ1) is 11.9. The highest BCUT2D eigenvalue weighted by atomic mass is 16.7. The Morgan fingerprint density at radius 2 is 1.96 bits per heavy atom. The monoisotopic (exact) mass is 327 g/mol. The van der Waals surface area contributed by atoms with Crippen LogP contribution in [-0.4, -0.2) is 44.1 Å². The Bertz CT molecular complexity index is 676. The van der Waals surface area contributed by atoms with Crippen LogP contribution in [0.1, 0.15) is 5.56 Å². The lowest BCUT2D eigenvalue weighted by atomic mass is 10.1. The second-order valence-electron chi connectivity index (χ2n) is 6.01. The van der Waals surface area contributed by atoms with E-state index in [-0.39, 0.29) is 6.10 Å². The summed E-state index contributed by atoms with van der Waals surface area (Å²) in [4.78, 5) is 2.35. The van der Waals surface area contributed by atoms with E-state index >= 15 is 0 Å². The van der Waals surface area contributed by atoms with Crippen LogP contribution < -0.4 is 14.2 Å². The molecule has 2 aliphatic rings. The first kappa shape index (κ1) is 15.3. The molecule has 2 aromatic carbocycles. The largest absolute Gasteiger partial charge is 0.487 e. The fraction of sp³-hybridized carbons (Fsp3) is 0.368. The SMILES string of the molecule is c1ccc(OC2COCCN(Cc3cccc4c3OCO4)C2)cc1. The summed E-state index contributed by atoms with van der Waals surface area (Å²) in [5, 5.41) is 0. The summed E-state index contributed by atoms with van der Waals surface area (Å²) in [7, 11) is 0. The Balaban J connectivity index is 1.44. The lowest BCUT2D eigenvalue weighted by Crippen LogP contribution is -2.35. The van der Waals surface area contributed by atoms with E-state index in [0.29, 0.717) is 20.0 Å². The minimum atomic E-state index is 0.0174. The zero-order chi connectivity index (χ0) is 16.2. The smallest absolute Gasteiger partial charge is 0.231 e. The van der Waals surface area contributed by atoms with Gasteiger partial charge in [-0.2, -0.15) is 0 Å². The van der Waals surface area contributed by atoms with Crippen molar-refractivity contribution < 1.29 is 18.9 Å². The molecule has 2 aliphatic heterocycles. The Kier molecular flexibility index (Phi) is 4.53. The van der Waals surface area contributed by atoms with Crippen LogP contribution in [0.3, 0.4) is 0 Å². The molecule has 126 valence electrons. The minimum Gasteiger partial charge on any atom is -0.487 e. The van der Waals surface area contributed by atoms with Crippen LogP contribution in [0.2, 0.25) is 0 Å². The van der Waals surface area contributed by atoms with Gasteiger partial charge in [-0.25, -0.2) is 0 Å². The first-order valence-electron chi connectivity index (χ1n) is 8.28. The Morgan fingerprint density at radius 3 is 2.88 bits per heavy atom. The molecule has 0 spiro atoms. The van der Waals surface area contributed by atoms with Gasteiger partial charge in [0.2, 0.25) is 6.79 Å². The molecule has 4 rings (SSSR count). The molecular weight excluding hydrogens is 306 g/mol. The van der Waals surface area contributed by atoms with Gasteiger partial charge < -0.3 is 18.9 Å². The summed E-state index contributed by atoms with van der Waals surface area (Å²) in [5.74, 6) is 2.57. The number of benzene rings is 2. The van der Waals surface area contributed by atoms with Gasteiger partial charge in [0.1, 0.15) is 11.9 Å². The van der Waals surface area contributed by atoms with Crippen LogP contribution >= 0.6 is 0 Å². The zero-order valence-corrected chi connectivity index (χ0v) is 13.5. The molecule has 1 atom stereocenters. The lowest BCUT2D eigenvalue weighted by molar-refractivity contribution is 0.0710. The van der Waals surface area contributed by atoms with Crippen molar-refractivity contribution in [3.63, 3.8) is 0 Å². The van der Waals surface area contributed by atoms with Crippen LogP contribution in [0.4, 0.5) is 0 Å². The van der Waals surface area contributed by atoms with E-state index in [4.69, 9.17) is 18.9 Å². The van der Waals surface area contributed by atoms with E-state index in [0.717, 1.165) is 42.4 Å². The van der Waals surface area contributed by atoms with Crippen molar-refractivity contribution in [2.75, 3.05) is 33.1 Å². The molecule has 2 heterocycles. The molecule has 1 unspecified atom stereocenters. The molecular formula is C19H21NO4. The number of ether oxygens (including phenoxy) is 4. The fourth-order valence-corrected chi connectivity index (χ4v) is 3.10. The fourth-order valence-electron chi connectivity index (χ4n) is 3.10. The van der Waals surface area contributed by atoms with Crippen LogP contribution in [0.15, 0.2) is 48.5 Å². The summed E-state index contributed by atoms with van der Waals surface area (Å²) in [6.07, 6.45) is 0.0174. The van der Waals surface area contributed by atoms with Gasteiger partial charge in [0.15, 0.2) is 11.5 Å². The number of fused-ring (bicyclic) bond motifs is 1. The maximum absolute atomic E-state index is 6.07. The van der Waals surface area contributed by atoms with E-state index in [1.807, 2.05) is 42.5 Å². The zero-order valence-electron chi connectivity index (χ0n) is 13.5. The van der Waals surface area contributed by atoms with Crippen molar-refractivity contribution >= 4 is 0 Å². The molecule has 0 N–H and O–H groups in total. The number of nitrogens with zero attached hydrogens (tertiary/aromatic N) is 1. The standard InChI is InChI=1S/C19H21NO4/c1-2-6-16(7-3-1)24-17-12-20(9-10-21-13-17)11-15-5-4-8-18-19(15)23-14-22-18/h1-8,17H,9-14H2. The average Bonchev–Trinajstić information content (AvgIpc) is 2.99. The molecule has 2 aromatic rings. The second kappa shape index (κ2) is 7.11. The third kappa shape index (κ3) is 3.47. The molecule has 0 radical (unpaired) electrons. The van der Waals surface area contributed by atoms with Crippen LogP contribution in [0.5, 0.6) is 17.2 Å². The molecule has 5 nitrogen and oxygen atoms in total. The first-order valence-corrected chi connectivity index (χ1v) is 8.28. The van der Waals surface area contributed by atoms with Gasteiger partial charge in [-0.15, -0.1) is 0 Å². The minimum absolute atomic E-state index is 0.0174. The molecule has 0 bridgehead atoms. The highest BCUT2D eigenvalue weighted by Gasteiger charge is 2.23. The molecule has 0 amide bonds. The van der Waals surface area contributed by atoms with E-state index < -0.39 is 0 Å². The average molecular weight is 327 g/mol. The maximum Gasteiger partial charge on any atom is 0.231 e. The van der Waals surface area contributed by atoms with Crippen molar-refractivity contribution in [3.8, 4) is 17.2 Å². The summed E-state index contributed by atoms with van der Waals surface area (Å²) in [6.45, 7) is 4.11. The van der Waals surface area contributed by atoms with E-state index in [1.54, 1.807) is 0 Å². The number of hydrogen-bond donors (Lipinski definition) is 0. The van der Waals surface area contributed by atoms with Crippen LogP contribution in [-0.2, 0) is 11.3 Å². The molecule has 24 heavy (non-hydrogen) atoms. The molecule has 1 fully saturated rings. The third-order valence-electron chi connectivity index (χ3n) is 4.24. The predicted molar refractivity (Wildman–Crippen MR) is 89.5 cm³/mol. The molecule has 0 aromatic heterocycles. The highest BCUT2D eigenvalue weighted by Crippen LogP contribution is 2.36. The molecule has 0 saturated carbocycles. The van der Waals surface area contributed by atoms with E-state index in [9.17, 15) is 0 Å². The second-order valence-corrected chi connectivity index (χ2v) is 6.01. The number of para-hydroxylation sites is 2. The summed E-state index contributed by atoms with van der Waals surface area (Å²) >= 11 is 0. The van der Waals surface area contributed by atoms with E-state index in [2.05, 4.69) is 11.0 Å². The Hall–Kier alpha value is -2.24. The summed E-state index contributed by atoms with van der Waals surface area (Å²) in [6, 6.07) is 15.9. The summed E-state index contributed by atoms with van der Waals surface area (Å²) in [5.41, 5.74) is 1.14. The number of hydrogen-bond acceptors (Lipinski definition) is 5. The van der Waals surface area contributed by atoms with Gasteiger partial charge in [0, 0.05) is 25.2 Å². The van der Waals surface area contributed by atoms with Gasteiger partial charge in [-0.05, 0) is 18.2 Å². The van der Waals surface area contributed by atoms with E-state index in [1.165, 1.54) is 0 Å². The lowest BCUT2D eigenvalue weighted by Gasteiger charge is -2.24. The molecule has 0 aliphatic carbocycles. The Morgan fingerprint density at radius 1 is 1.04 bits per heavy atom. The molecule has 5 heteroatoms. The van der Waals surface area contributed by atoms with Gasteiger partial charge in [-0.1, -0.05) is 30.3 Å². The van der Waals surface area contributed by atoms with Gasteiger partial charge in [0.25, 0.3) is 0 Å². The normalized spacial score (nSPS) is 20.6. The van der Waals surface area contributed by atoms with Crippen LogP contribution in [0, 0.1) is 0 Å². The van der Waals surface area contributed by atoms with Crippen molar-refractivity contribution in [3.05, 3.63) is 54.1 Å². The number of rotatable bonds is 4. The van der Waals surface area contributed by atoms with Gasteiger partial charge in [0.05, 0.1) is 13.2 Å². The van der Waals surface area contributed by atoms with Gasteiger partial charge >= 0.3 is 0 Å².